The minimum absolute atomic E-state index is 0.168. The maximum atomic E-state index is 13.5. The standard InChI is InChI=1S/C42H40N2O4S/c1-41(2,29-9-5-13-33(43)25-29)31-11-7-15-37(27-31)47-35-17-21-39(22-18-35)49(45,46)40-23-19-36(20-24-40)48-38-16-8-12-32(28-38)42(3,4)30-10-6-14-34(44)26-30/h5-28H,43-44H2,1-4H3. The number of sulfone groups is 1. The van der Waals surface area contributed by atoms with E-state index < -0.39 is 9.84 Å². The van der Waals surface area contributed by atoms with Gasteiger partial charge in [0.15, 0.2) is 0 Å². The van der Waals surface area contributed by atoms with Crippen LogP contribution in [0.1, 0.15) is 49.9 Å². The zero-order chi connectivity index (χ0) is 34.8. The Morgan fingerprint density at radius 1 is 0.429 bits per heavy atom. The predicted molar refractivity (Wildman–Crippen MR) is 197 cm³/mol. The smallest absolute Gasteiger partial charge is 0.206 e. The summed E-state index contributed by atoms with van der Waals surface area (Å²) in [7, 11) is -3.77. The average Bonchev–Trinajstić information content (AvgIpc) is 3.09. The summed E-state index contributed by atoms with van der Waals surface area (Å²) in [6.45, 7) is 8.56. The van der Waals surface area contributed by atoms with Crippen molar-refractivity contribution in [3.8, 4) is 23.0 Å². The van der Waals surface area contributed by atoms with E-state index >= 15 is 0 Å². The normalized spacial score (nSPS) is 12.0. The number of ether oxygens (including phenoxy) is 2. The molecule has 0 fully saturated rings. The minimum Gasteiger partial charge on any atom is -0.457 e. The zero-order valence-corrected chi connectivity index (χ0v) is 28.9. The number of nitrogen functional groups attached to an aromatic ring is 2. The average molecular weight is 669 g/mol. The van der Waals surface area contributed by atoms with E-state index in [9.17, 15) is 8.42 Å². The van der Waals surface area contributed by atoms with Gasteiger partial charge in [0.25, 0.3) is 0 Å². The van der Waals surface area contributed by atoms with Crippen molar-refractivity contribution >= 4 is 21.2 Å². The molecule has 6 rings (SSSR count). The monoisotopic (exact) mass is 668 g/mol. The van der Waals surface area contributed by atoms with E-state index in [1.54, 1.807) is 48.5 Å². The molecule has 6 aromatic rings. The molecular weight excluding hydrogens is 629 g/mol. The second-order valence-corrected chi connectivity index (χ2v) is 15.2. The van der Waals surface area contributed by atoms with Crippen molar-refractivity contribution in [3.05, 3.63) is 168 Å². The highest BCUT2D eigenvalue weighted by Crippen LogP contribution is 2.37. The lowest BCUT2D eigenvalue weighted by atomic mass is 9.78. The summed E-state index contributed by atoms with van der Waals surface area (Å²) in [5.41, 5.74) is 17.2. The SMILES string of the molecule is CC(C)(c1cccc(N)c1)c1cccc(Oc2ccc(S(=O)(=O)c3ccc(Oc4cccc(C(C)(C)c5cccc(N)c5)c4)cc3)cc2)c1. The Hall–Kier alpha value is -5.53. The van der Waals surface area contributed by atoms with E-state index in [4.69, 9.17) is 20.9 Å². The van der Waals surface area contributed by atoms with Crippen LogP contribution >= 0.6 is 0 Å². The van der Waals surface area contributed by atoms with Crippen LogP contribution < -0.4 is 20.9 Å². The Balaban J connectivity index is 1.14. The van der Waals surface area contributed by atoms with Gasteiger partial charge in [0.1, 0.15) is 23.0 Å². The van der Waals surface area contributed by atoms with Crippen LogP contribution in [0.2, 0.25) is 0 Å². The largest absolute Gasteiger partial charge is 0.457 e. The molecule has 0 amide bonds. The summed E-state index contributed by atoms with van der Waals surface area (Å²) >= 11 is 0. The maximum absolute atomic E-state index is 13.5. The second kappa shape index (κ2) is 13.2. The summed E-state index contributed by atoms with van der Waals surface area (Å²) in [6, 6.07) is 44.4. The van der Waals surface area contributed by atoms with Crippen LogP contribution in [0.15, 0.2) is 155 Å². The van der Waals surface area contributed by atoms with Gasteiger partial charge in [0.2, 0.25) is 9.84 Å². The molecular formula is C42H40N2O4S. The molecule has 0 saturated heterocycles. The van der Waals surface area contributed by atoms with Crippen LogP contribution in [0.25, 0.3) is 0 Å². The van der Waals surface area contributed by atoms with E-state index in [-0.39, 0.29) is 20.6 Å². The molecule has 0 unspecified atom stereocenters. The van der Waals surface area contributed by atoms with Crippen molar-refractivity contribution in [2.45, 2.75) is 48.3 Å². The second-order valence-electron chi connectivity index (χ2n) is 13.2. The van der Waals surface area contributed by atoms with Crippen LogP contribution in [-0.2, 0) is 20.7 Å². The molecule has 0 aliphatic heterocycles. The van der Waals surface area contributed by atoms with Gasteiger partial charge in [-0.15, -0.1) is 0 Å². The highest BCUT2D eigenvalue weighted by Gasteiger charge is 2.25. The summed E-state index contributed by atoms with van der Waals surface area (Å²) in [6.07, 6.45) is 0. The highest BCUT2D eigenvalue weighted by molar-refractivity contribution is 7.91. The van der Waals surface area contributed by atoms with E-state index in [1.807, 2.05) is 72.8 Å². The Labute approximate surface area is 288 Å². The quantitative estimate of drug-likeness (QED) is 0.141. The van der Waals surface area contributed by atoms with Crippen molar-refractivity contribution in [1.82, 2.24) is 0 Å². The van der Waals surface area contributed by atoms with Gasteiger partial charge in [-0.3, -0.25) is 0 Å². The van der Waals surface area contributed by atoms with E-state index in [0.29, 0.717) is 34.4 Å². The predicted octanol–water partition coefficient (Wildman–Crippen LogP) is 9.92. The number of benzene rings is 6. The van der Waals surface area contributed by atoms with Crippen LogP contribution in [0.5, 0.6) is 23.0 Å². The van der Waals surface area contributed by atoms with E-state index in [2.05, 4.69) is 52.0 Å². The fraction of sp³-hybridized carbons (Fsp3) is 0.143. The lowest BCUT2D eigenvalue weighted by Crippen LogP contribution is -2.19. The molecule has 0 aliphatic rings. The summed E-state index contributed by atoms with van der Waals surface area (Å²) < 4.78 is 39.3. The number of anilines is 2. The van der Waals surface area contributed by atoms with E-state index in [0.717, 1.165) is 22.3 Å². The molecule has 6 aromatic carbocycles. The van der Waals surface area contributed by atoms with E-state index in [1.165, 1.54) is 0 Å². The van der Waals surface area contributed by atoms with Gasteiger partial charge in [0, 0.05) is 22.2 Å². The Bertz CT molecular complexity index is 2060. The lowest BCUT2D eigenvalue weighted by molar-refractivity contribution is 0.479. The Morgan fingerprint density at radius 3 is 1.10 bits per heavy atom. The van der Waals surface area contributed by atoms with Crippen molar-refractivity contribution in [1.29, 1.82) is 0 Å². The number of hydrogen-bond acceptors (Lipinski definition) is 6. The van der Waals surface area contributed by atoms with Gasteiger partial charge in [-0.05, 0) is 119 Å². The molecule has 0 atom stereocenters. The highest BCUT2D eigenvalue weighted by atomic mass is 32.2. The summed E-state index contributed by atoms with van der Waals surface area (Å²) in [5.74, 6) is 2.37. The molecule has 0 heterocycles. The zero-order valence-electron chi connectivity index (χ0n) is 28.1. The number of nitrogens with two attached hydrogens (primary N) is 2. The van der Waals surface area contributed by atoms with Crippen LogP contribution in [-0.4, -0.2) is 8.42 Å². The third kappa shape index (κ3) is 7.17. The fourth-order valence-electron chi connectivity index (χ4n) is 5.87. The van der Waals surface area contributed by atoms with Gasteiger partial charge >= 0.3 is 0 Å². The topological polar surface area (TPSA) is 105 Å². The first-order chi connectivity index (χ1) is 23.3. The van der Waals surface area contributed by atoms with Gasteiger partial charge < -0.3 is 20.9 Å². The van der Waals surface area contributed by atoms with Gasteiger partial charge in [0.05, 0.1) is 9.79 Å². The fourth-order valence-corrected chi connectivity index (χ4v) is 7.13. The Kier molecular flexibility index (Phi) is 8.97. The summed E-state index contributed by atoms with van der Waals surface area (Å²) in [4.78, 5) is 0.336. The van der Waals surface area contributed by atoms with Gasteiger partial charge in [-0.2, -0.15) is 0 Å². The number of rotatable bonds is 10. The van der Waals surface area contributed by atoms with Crippen LogP contribution in [0.3, 0.4) is 0 Å². The van der Waals surface area contributed by atoms with Crippen molar-refractivity contribution in [2.24, 2.45) is 0 Å². The van der Waals surface area contributed by atoms with Crippen molar-refractivity contribution < 1.29 is 17.9 Å². The molecule has 0 spiro atoms. The Morgan fingerprint density at radius 2 is 0.755 bits per heavy atom. The first-order valence-electron chi connectivity index (χ1n) is 16.1. The third-order valence-electron chi connectivity index (χ3n) is 9.07. The molecule has 0 bridgehead atoms. The first-order valence-corrected chi connectivity index (χ1v) is 17.5. The first kappa shape index (κ1) is 33.4. The van der Waals surface area contributed by atoms with Crippen molar-refractivity contribution in [3.63, 3.8) is 0 Å². The maximum Gasteiger partial charge on any atom is 0.206 e. The lowest BCUT2D eigenvalue weighted by Gasteiger charge is -2.27. The minimum atomic E-state index is -3.77. The summed E-state index contributed by atoms with van der Waals surface area (Å²) in [5, 5.41) is 0. The van der Waals surface area contributed by atoms with Crippen molar-refractivity contribution in [2.75, 3.05) is 11.5 Å². The molecule has 7 heteroatoms. The third-order valence-corrected chi connectivity index (χ3v) is 10.9. The van der Waals surface area contributed by atoms with Crippen LogP contribution in [0, 0.1) is 0 Å². The molecule has 0 radical (unpaired) electrons. The molecule has 0 saturated carbocycles. The molecule has 248 valence electrons. The molecule has 49 heavy (non-hydrogen) atoms. The van der Waals surface area contributed by atoms with Gasteiger partial charge in [-0.1, -0.05) is 76.2 Å². The van der Waals surface area contributed by atoms with Crippen LogP contribution in [0.4, 0.5) is 11.4 Å². The molecule has 0 aliphatic carbocycles. The molecule has 6 nitrogen and oxygen atoms in total. The molecule has 4 N–H and O–H groups in total. The molecule has 0 aromatic heterocycles. The van der Waals surface area contributed by atoms with Gasteiger partial charge in [-0.25, -0.2) is 8.42 Å². The number of hydrogen-bond donors (Lipinski definition) is 2.